The second-order valence-electron chi connectivity index (χ2n) is 7.60. The highest BCUT2D eigenvalue weighted by molar-refractivity contribution is 7.16. The molecule has 11 heteroatoms. The van der Waals surface area contributed by atoms with E-state index in [4.69, 9.17) is 13.6 Å². The predicted molar refractivity (Wildman–Crippen MR) is 126 cm³/mol. The number of nitrogens with zero attached hydrogens (tertiary/aromatic N) is 4. The number of rotatable bonds is 8. The Kier molecular flexibility index (Phi) is 7.30. The van der Waals surface area contributed by atoms with Crippen molar-refractivity contribution in [3.8, 4) is 17.7 Å². The van der Waals surface area contributed by atoms with Gasteiger partial charge >= 0.3 is 5.97 Å². The molecule has 1 aliphatic rings. The SMILES string of the molecule is CCOC(=O)c1cc(CC)sc1NC(=O)CN1CCN(c2oc(-c3ccco3)nc2C#N)CC1. The molecule has 0 spiro atoms. The molecule has 1 amide bonds. The zero-order valence-electron chi connectivity index (χ0n) is 19.0. The minimum Gasteiger partial charge on any atom is -0.462 e. The van der Waals surface area contributed by atoms with Crippen LogP contribution in [0.15, 0.2) is 33.3 Å². The smallest absolute Gasteiger partial charge is 0.341 e. The van der Waals surface area contributed by atoms with Crippen molar-refractivity contribution in [1.29, 1.82) is 5.26 Å². The van der Waals surface area contributed by atoms with E-state index in [9.17, 15) is 14.9 Å². The highest BCUT2D eigenvalue weighted by atomic mass is 32.1. The van der Waals surface area contributed by atoms with Crippen molar-refractivity contribution >= 4 is 34.1 Å². The Bertz CT molecular complexity index is 1190. The van der Waals surface area contributed by atoms with Crippen LogP contribution in [0.3, 0.4) is 0 Å². The summed E-state index contributed by atoms with van der Waals surface area (Å²) in [6, 6.07) is 7.30. The molecule has 178 valence electrons. The number of esters is 1. The largest absolute Gasteiger partial charge is 0.462 e. The van der Waals surface area contributed by atoms with Crippen molar-refractivity contribution in [2.45, 2.75) is 20.3 Å². The molecule has 1 saturated heterocycles. The van der Waals surface area contributed by atoms with Crippen LogP contribution >= 0.6 is 11.3 Å². The van der Waals surface area contributed by atoms with E-state index in [1.165, 1.54) is 17.6 Å². The fourth-order valence-electron chi connectivity index (χ4n) is 3.65. The van der Waals surface area contributed by atoms with Crippen molar-refractivity contribution < 1.29 is 23.2 Å². The molecule has 0 aliphatic carbocycles. The molecular formula is C23H25N5O5S. The number of aromatic nitrogens is 1. The standard InChI is InChI=1S/C23H25N5O5S/c1-3-15-12-16(23(30)31-4-2)21(34-15)26-19(29)14-27-7-9-28(10-8-27)22-17(13-24)25-20(33-22)18-6-5-11-32-18/h5-6,11-12H,3-4,7-10,14H2,1-2H3,(H,26,29). The highest BCUT2D eigenvalue weighted by Gasteiger charge is 2.26. The quantitative estimate of drug-likeness (QED) is 0.480. The molecule has 0 saturated carbocycles. The van der Waals surface area contributed by atoms with Gasteiger partial charge in [0.25, 0.3) is 5.89 Å². The van der Waals surface area contributed by atoms with Crippen LogP contribution in [0.25, 0.3) is 11.7 Å². The average Bonchev–Trinajstić information content (AvgIpc) is 3.59. The van der Waals surface area contributed by atoms with Crippen molar-refractivity contribution in [1.82, 2.24) is 9.88 Å². The van der Waals surface area contributed by atoms with Gasteiger partial charge in [0, 0.05) is 31.1 Å². The van der Waals surface area contributed by atoms with Crippen molar-refractivity contribution in [2.24, 2.45) is 0 Å². The highest BCUT2D eigenvalue weighted by Crippen LogP contribution is 2.30. The van der Waals surface area contributed by atoms with Crippen LogP contribution in [0.5, 0.6) is 0 Å². The molecule has 1 aliphatic heterocycles. The van der Waals surface area contributed by atoms with Crippen LogP contribution in [0, 0.1) is 11.3 Å². The van der Waals surface area contributed by atoms with Gasteiger partial charge < -0.3 is 23.8 Å². The van der Waals surface area contributed by atoms with E-state index in [1.54, 1.807) is 25.1 Å². The van der Waals surface area contributed by atoms with Crippen LogP contribution < -0.4 is 10.2 Å². The molecule has 34 heavy (non-hydrogen) atoms. The molecule has 4 heterocycles. The first-order valence-electron chi connectivity index (χ1n) is 11.0. The number of furan rings is 1. The summed E-state index contributed by atoms with van der Waals surface area (Å²) in [7, 11) is 0. The molecule has 1 fully saturated rings. The molecule has 0 radical (unpaired) electrons. The number of nitriles is 1. The van der Waals surface area contributed by atoms with Crippen LogP contribution in [0.4, 0.5) is 10.9 Å². The van der Waals surface area contributed by atoms with E-state index in [-0.39, 0.29) is 30.6 Å². The Balaban J connectivity index is 1.35. The molecule has 10 nitrogen and oxygen atoms in total. The lowest BCUT2D eigenvalue weighted by atomic mass is 10.2. The number of hydrogen-bond donors (Lipinski definition) is 1. The summed E-state index contributed by atoms with van der Waals surface area (Å²) in [5, 5.41) is 12.9. The lowest BCUT2D eigenvalue weighted by Gasteiger charge is -2.33. The van der Waals surface area contributed by atoms with Crippen LogP contribution in [-0.2, 0) is 16.0 Å². The summed E-state index contributed by atoms with van der Waals surface area (Å²) in [6.07, 6.45) is 2.28. The summed E-state index contributed by atoms with van der Waals surface area (Å²) < 4.78 is 16.2. The minimum absolute atomic E-state index is 0.189. The number of anilines is 2. The molecule has 3 aromatic rings. The summed E-state index contributed by atoms with van der Waals surface area (Å²) in [6.45, 7) is 6.55. The molecular weight excluding hydrogens is 458 g/mol. The van der Waals surface area contributed by atoms with E-state index in [0.717, 1.165) is 11.3 Å². The Hall–Kier alpha value is -3.62. The summed E-state index contributed by atoms with van der Waals surface area (Å²) in [5.41, 5.74) is 0.595. The zero-order valence-corrected chi connectivity index (χ0v) is 19.8. The van der Waals surface area contributed by atoms with Crippen molar-refractivity contribution in [3.63, 3.8) is 0 Å². The zero-order chi connectivity index (χ0) is 24.1. The van der Waals surface area contributed by atoms with Gasteiger partial charge in [0.1, 0.15) is 11.1 Å². The van der Waals surface area contributed by atoms with Crippen LogP contribution in [0.1, 0.15) is 34.8 Å². The van der Waals surface area contributed by atoms with Gasteiger partial charge in [0.2, 0.25) is 17.5 Å². The first kappa shape index (κ1) is 23.5. The third kappa shape index (κ3) is 5.13. The number of thiophene rings is 1. The lowest BCUT2D eigenvalue weighted by Crippen LogP contribution is -2.48. The third-order valence-corrected chi connectivity index (χ3v) is 6.55. The molecule has 0 bridgehead atoms. The van der Waals surface area contributed by atoms with E-state index in [0.29, 0.717) is 48.4 Å². The maximum Gasteiger partial charge on any atom is 0.341 e. The fraction of sp³-hybridized carbons (Fsp3) is 0.391. The Labute approximate surface area is 200 Å². The normalized spacial score (nSPS) is 14.1. The van der Waals surface area contributed by atoms with E-state index in [1.807, 2.05) is 16.7 Å². The Morgan fingerprint density at radius 1 is 1.29 bits per heavy atom. The number of aryl methyl sites for hydroxylation is 1. The number of nitrogens with one attached hydrogen (secondary N) is 1. The van der Waals surface area contributed by atoms with Gasteiger partial charge in [-0.15, -0.1) is 11.3 Å². The number of ether oxygens (including phenoxy) is 1. The monoisotopic (exact) mass is 483 g/mol. The van der Waals surface area contributed by atoms with Gasteiger partial charge in [-0.3, -0.25) is 9.69 Å². The van der Waals surface area contributed by atoms with E-state index < -0.39 is 5.97 Å². The van der Waals surface area contributed by atoms with Crippen LogP contribution in [-0.4, -0.2) is 61.1 Å². The molecule has 4 rings (SSSR count). The second-order valence-corrected chi connectivity index (χ2v) is 8.74. The molecule has 1 N–H and O–H groups in total. The van der Waals surface area contributed by atoms with Gasteiger partial charge in [0.05, 0.1) is 25.0 Å². The van der Waals surface area contributed by atoms with E-state index >= 15 is 0 Å². The average molecular weight is 484 g/mol. The summed E-state index contributed by atoms with van der Waals surface area (Å²) in [5.74, 6) is 0.499. The maximum atomic E-state index is 12.7. The molecule has 0 unspecified atom stereocenters. The predicted octanol–water partition coefficient (Wildman–Crippen LogP) is 3.37. The third-order valence-electron chi connectivity index (χ3n) is 5.35. The fourth-order valence-corrected chi connectivity index (χ4v) is 4.65. The maximum absolute atomic E-state index is 12.7. The van der Waals surface area contributed by atoms with Gasteiger partial charge in [-0.05, 0) is 31.5 Å². The summed E-state index contributed by atoms with van der Waals surface area (Å²) in [4.78, 5) is 34.1. The summed E-state index contributed by atoms with van der Waals surface area (Å²) >= 11 is 1.39. The van der Waals surface area contributed by atoms with Crippen molar-refractivity contribution in [3.05, 3.63) is 40.6 Å². The number of hydrogen-bond acceptors (Lipinski definition) is 10. The van der Waals surface area contributed by atoms with Gasteiger partial charge in [0.15, 0.2) is 5.76 Å². The minimum atomic E-state index is -0.434. The Morgan fingerprint density at radius 2 is 2.09 bits per heavy atom. The number of oxazole rings is 1. The second kappa shape index (κ2) is 10.5. The number of amides is 1. The van der Waals surface area contributed by atoms with Gasteiger partial charge in [-0.1, -0.05) is 6.92 Å². The van der Waals surface area contributed by atoms with E-state index in [2.05, 4.69) is 16.4 Å². The van der Waals surface area contributed by atoms with Crippen LogP contribution in [0.2, 0.25) is 0 Å². The molecule has 3 aromatic heterocycles. The lowest BCUT2D eigenvalue weighted by molar-refractivity contribution is -0.117. The number of carbonyl (C=O) groups excluding carboxylic acids is 2. The Morgan fingerprint density at radius 3 is 2.74 bits per heavy atom. The first-order chi connectivity index (χ1) is 16.5. The topological polar surface area (TPSA) is 125 Å². The van der Waals surface area contributed by atoms with Gasteiger partial charge in [-0.25, -0.2) is 4.79 Å². The molecule has 0 aromatic carbocycles. The van der Waals surface area contributed by atoms with Crippen molar-refractivity contribution in [2.75, 3.05) is 49.5 Å². The molecule has 0 atom stereocenters. The number of carbonyl (C=O) groups is 2. The van der Waals surface area contributed by atoms with Gasteiger partial charge in [-0.2, -0.15) is 10.2 Å². The number of piperazine rings is 1. The first-order valence-corrected chi connectivity index (χ1v) is 11.9.